The van der Waals surface area contributed by atoms with Crippen LogP contribution < -0.4 is 31.9 Å². The van der Waals surface area contributed by atoms with Gasteiger partial charge in [0, 0.05) is 94.1 Å². The second-order valence-corrected chi connectivity index (χ2v) is 22.6. The number of hydrogen-bond donors (Lipinski definition) is 5. The molecule has 7 amide bonds. The minimum atomic E-state index is -0.689. The molecule has 3 fully saturated rings. The highest BCUT2D eigenvalue weighted by Crippen LogP contribution is 2.38. The number of anilines is 3. The van der Waals surface area contributed by atoms with E-state index in [1.54, 1.807) is 35.4 Å². The summed E-state index contributed by atoms with van der Waals surface area (Å²) in [6, 6.07) is 16.2. The van der Waals surface area contributed by atoms with Gasteiger partial charge in [0.25, 0.3) is 5.91 Å². The van der Waals surface area contributed by atoms with Gasteiger partial charge in [-0.05, 0) is 91.8 Å². The monoisotopic (exact) mass is 1180 g/mol. The number of piperidine rings is 2. The average molecular weight is 1180 g/mol. The first-order valence-electron chi connectivity index (χ1n) is 29.6. The summed E-state index contributed by atoms with van der Waals surface area (Å²) >= 11 is 0. The molecule has 456 valence electrons. The van der Waals surface area contributed by atoms with Gasteiger partial charge in [-0.3, -0.25) is 38.2 Å². The minimum absolute atomic E-state index is 0.0413. The molecule has 3 aromatic heterocycles. The number of amides is 7. The highest BCUT2D eigenvalue weighted by molar-refractivity contribution is 6.01. The zero-order chi connectivity index (χ0) is 61.0. The number of unbranched alkanes of at least 4 members (excludes halogenated alkanes) is 4. The van der Waals surface area contributed by atoms with Gasteiger partial charge in [-0.25, -0.2) is 23.8 Å². The number of carbonyl (C=O) groups is 8. The molecular formula is C61H76FN15O9. The van der Waals surface area contributed by atoms with Gasteiger partial charge in [0.15, 0.2) is 11.5 Å². The van der Waals surface area contributed by atoms with Crippen molar-refractivity contribution in [3.63, 3.8) is 0 Å². The molecule has 0 bridgehead atoms. The number of primary amides is 1. The second kappa shape index (κ2) is 28.2. The molecule has 0 saturated carbocycles. The van der Waals surface area contributed by atoms with Crippen LogP contribution >= 0.6 is 0 Å². The van der Waals surface area contributed by atoms with Crippen LogP contribution in [0.2, 0.25) is 0 Å². The normalized spacial score (nSPS) is 15.6. The number of nitrogens with zero attached hydrogens (tertiary/aromatic N) is 10. The predicted octanol–water partition coefficient (Wildman–Crippen LogP) is 5.97. The quantitative estimate of drug-likeness (QED) is 0.0326. The Labute approximate surface area is 497 Å². The standard InChI is InChI=1S/C61H76FN15O9/c1-38(2)57-56-44(13-10-14-47(56)76(71-57)37-52(80)65-34-51(79)66-35-55(83)86-4)45-31-48-41(30-46(45)62)32-68-77(48)54(82)21-20-50(78)64-24-9-7-5-6-8-15-53(81)73-26-22-40(23-27-73)39-16-18-42(19-17-39)69-60-58(59(63)84)67-33-49(70-60)74-25-11-12-43(36-74)75-29-28-72(3)61(75)85/h10,13-14,16-19,30-33,38,40,43H,5-9,11-12,15,20-29,34-37H2,1-4H3,(H2,63,84)(H,64,78)(H,65,80)(H,66,79)(H,69,70)/t43-/m1/s1. The number of halogens is 1. The molecule has 6 N–H and O–H groups in total. The van der Waals surface area contributed by atoms with Crippen molar-refractivity contribution < 1.29 is 47.5 Å². The van der Waals surface area contributed by atoms with Gasteiger partial charge >= 0.3 is 12.0 Å². The number of urea groups is 1. The van der Waals surface area contributed by atoms with Crippen molar-refractivity contribution in [2.45, 2.75) is 115 Å². The van der Waals surface area contributed by atoms with E-state index in [1.165, 1.54) is 34.3 Å². The Morgan fingerprint density at radius 2 is 1.53 bits per heavy atom. The van der Waals surface area contributed by atoms with Crippen molar-refractivity contribution in [2.75, 3.05) is 83.3 Å². The molecule has 0 unspecified atom stereocenters. The van der Waals surface area contributed by atoms with E-state index in [0.717, 1.165) is 70.0 Å². The van der Waals surface area contributed by atoms with Crippen LogP contribution in [-0.2, 0) is 35.3 Å². The third kappa shape index (κ3) is 14.9. The highest BCUT2D eigenvalue weighted by atomic mass is 19.1. The summed E-state index contributed by atoms with van der Waals surface area (Å²) < 4.78 is 23.2. The van der Waals surface area contributed by atoms with Gasteiger partial charge < -0.3 is 51.3 Å². The molecular weight excluding hydrogens is 1110 g/mol. The van der Waals surface area contributed by atoms with Crippen LogP contribution in [-0.4, -0.2) is 171 Å². The van der Waals surface area contributed by atoms with E-state index in [1.807, 2.05) is 42.8 Å². The molecule has 0 aliphatic carbocycles. The topological polar surface area (TPSA) is 294 Å². The Morgan fingerprint density at radius 3 is 2.27 bits per heavy atom. The summed E-state index contributed by atoms with van der Waals surface area (Å²) in [5.41, 5.74) is 9.86. The Kier molecular flexibility index (Phi) is 20.2. The van der Waals surface area contributed by atoms with Crippen LogP contribution in [0.3, 0.4) is 0 Å². The van der Waals surface area contributed by atoms with Gasteiger partial charge in [0.05, 0.1) is 48.8 Å². The molecule has 3 aromatic carbocycles. The van der Waals surface area contributed by atoms with Crippen molar-refractivity contribution in [1.29, 1.82) is 0 Å². The van der Waals surface area contributed by atoms with Crippen LogP contribution in [0, 0.1) is 5.82 Å². The lowest BCUT2D eigenvalue weighted by Crippen LogP contribution is -2.49. The van der Waals surface area contributed by atoms with E-state index in [0.29, 0.717) is 90.5 Å². The molecule has 3 aliphatic heterocycles. The summed E-state index contributed by atoms with van der Waals surface area (Å²) in [4.78, 5) is 118. The molecule has 1 atom stereocenters. The maximum absolute atomic E-state index is 16.0. The summed E-state index contributed by atoms with van der Waals surface area (Å²) in [5.74, 6) is -2.46. The highest BCUT2D eigenvalue weighted by Gasteiger charge is 2.35. The minimum Gasteiger partial charge on any atom is -0.468 e. The zero-order valence-electron chi connectivity index (χ0n) is 49.2. The molecule has 6 heterocycles. The van der Waals surface area contributed by atoms with Crippen LogP contribution in [0.15, 0.2) is 67.0 Å². The number of benzene rings is 3. The molecule has 3 aliphatic rings. The summed E-state index contributed by atoms with van der Waals surface area (Å²) in [6.45, 7) is 7.51. The first kappa shape index (κ1) is 61.5. The Morgan fingerprint density at radius 1 is 0.779 bits per heavy atom. The number of nitrogens with one attached hydrogen (secondary N) is 4. The number of methoxy groups -OCH3 is 1. The molecule has 6 aromatic rings. The van der Waals surface area contributed by atoms with Gasteiger partial charge in [0.2, 0.25) is 29.5 Å². The number of rotatable bonds is 25. The number of carbonyl (C=O) groups excluding carboxylic acids is 8. The number of likely N-dealkylation sites (N-methyl/N-ethyl adjacent to an activating group) is 1. The zero-order valence-corrected chi connectivity index (χ0v) is 49.2. The molecule has 3 saturated heterocycles. The molecule has 0 radical (unpaired) electrons. The Balaban J connectivity index is 0.672. The van der Waals surface area contributed by atoms with Gasteiger partial charge in [-0.2, -0.15) is 10.2 Å². The number of esters is 1. The summed E-state index contributed by atoms with van der Waals surface area (Å²) in [7, 11) is 3.01. The number of aromatic nitrogens is 6. The molecule has 25 heteroatoms. The largest absolute Gasteiger partial charge is 0.468 e. The molecule has 0 spiro atoms. The Bertz CT molecular complexity index is 3490. The fourth-order valence-electron chi connectivity index (χ4n) is 11.5. The van der Waals surface area contributed by atoms with E-state index >= 15 is 4.39 Å². The predicted molar refractivity (Wildman–Crippen MR) is 320 cm³/mol. The fraction of sp³-hybridized carbons (Fsp3) is 0.475. The number of hydrogen-bond acceptors (Lipinski definition) is 15. The first-order valence-corrected chi connectivity index (χ1v) is 29.6. The van der Waals surface area contributed by atoms with Crippen LogP contribution in [0.25, 0.3) is 32.9 Å². The SMILES string of the molecule is COC(=O)CNC(=O)CNC(=O)Cn1nc(C(C)C)c2c(-c3cc4c(cnn4C(=O)CCC(=O)NCCCCCCCC(=O)N4CCC(c5ccc(Nc6nc(N7CCC[C@@H](N8CCN(C)C8=O)C7)cnc6C(N)=O)cc5)CC4)cc3F)cccc21. The van der Waals surface area contributed by atoms with Crippen molar-refractivity contribution >= 4 is 86.6 Å². The lowest BCUT2D eigenvalue weighted by Gasteiger charge is -2.37. The number of fused-ring (bicyclic) bond motifs is 2. The first-order chi connectivity index (χ1) is 41.5. The van der Waals surface area contributed by atoms with Crippen LogP contribution in [0.1, 0.15) is 129 Å². The van der Waals surface area contributed by atoms with E-state index in [-0.39, 0.29) is 79.4 Å². The number of ether oxygens (including phenoxy) is 1. The summed E-state index contributed by atoms with van der Waals surface area (Å²) in [5, 5.41) is 21.0. The average Bonchev–Trinajstić information content (AvgIpc) is 2.82. The second-order valence-electron chi connectivity index (χ2n) is 22.6. The van der Waals surface area contributed by atoms with Gasteiger partial charge in [-0.1, -0.05) is 57.4 Å². The van der Waals surface area contributed by atoms with Gasteiger partial charge in [-0.15, -0.1) is 0 Å². The number of nitrogens with two attached hydrogens (primary N) is 1. The third-order valence-corrected chi connectivity index (χ3v) is 16.3. The Hall–Kier alpha value is -9.03. The van der Waals surface area contributed by atoms with E-state index in [2.05, 4.69) is 53.1 Å². The maximum Gasteiger partial charge on any atom is 0.325 e. The van der Waals surface area contributed by atoms with E-state index < -0.39 is 35.4 Å². The fourth-order valence-corrected chi connectivity index (χ4v) is 11.5. The summed E-state index contributed by atoms with van der Waals surface area (Å²) in [6.07, 6.45) is 11.0. The molecule has 24 nitrogen and oxygen atoms in total. The van der Waals surface area contributed by atoms with Crippen molar-refractivity contribution in [3.05, 3.63) is 89.8 Å². The van der Waals surface area contributed by atoms with Gasteiger partial charge in [0.1, 0.15) is 24.7 Å². The lowest BCUT2D eigenvalue weighted by molar-refractivity contribution is -0.141. The molecule has 9 rings (SSSR count). The number of likely N-dealkylation sites (tertiary alicyclic amines) is 1. The van der Waals surface area contributed by atoms with Crippen molar-refractivity contribution in [1.82, 2.24) is 60.2 Å². The van der Waals surface area contributed by atoms with Crippen LogP contribution in [0.4, 0.5) is 26.5 Å². The molecule has 86 heavy (non-hydrogen) atoms. The lowest BCUT2D eigenvalue weighted by atomic mass is 9.89. The van der Waals surface area contributed by atoms with Crippen LogP contribution in [0.5, 0.6) is 0 Å². The van der Waals surface area contributed by atoms with Crippen molar-refractivity contribution in [3.8, 4) is 11.1 Å². The van der Waals surface area contributed by atoms with Crippen molar-refractivity contribution in [2.24, 2.45) is 5.73 Å². The van der Waals surface area contributed by atoms with E-state index in [9.17, 15) is 38.4 Å². The third-order valence-electron chi connectivity index (χ3n) is 16.3. The van der Waals surface area contributed by atoms with E-state index in [4.69, 9.17) is 15.8 Å². The maximum atomic E-state index is 16.0. The smallest absolute Gasteiger partial charge is 0.325 e.